The minimum absolute atomic E-state index is 0.0179. The number of anilines is 1. The lowest BCUT2D eigenvalue weighted by molar-refractivity contribution is -0.143. The van der Waals surface area contributed by atoms with Gasteiger partial charge in [-0.25, -0.2) is 13.6 Å². The van der Waals surface area contributed by atoms with E-state index in [-0.39, 0.29) is 63.6 Å². The number of aryl methyl sites for hydroxylation is 1. The van der Waals surface area contributed by atoms with Gasteiger partial charge in [0.1, 0.15) is 30.4 Å². The van der Waals surface area contributed by atoms with E-state index in [4.69, 9.17) is 16.3 Å². The summed E-state index contributed by atoms with van der Waals surface area (Å²) in [5.74, 6) is -9.70. The number of halogens is 11. The van der Waals surface area contributed by atoms with Gasteiger partial charge < -0.3 is 10.1 Å². The molecular formula is C38H32ClF10N7O3S. The molecule has 3 aromatic heterocycles. The first-order valence-electron chi connectivity index (χ1n) is 18.2. The summed E-state index contributed by atoms with van der Waals surface area (Å²) in [6, 6.07) is 6.63. The van der Waals surface area contributed by atoms with E-state index in [1.54, 1.807) is 6.92 Å². The van der Waals surface area contributed by atoms with E-state index in [2.05, 4.69) is 20.5 Å². The molecule has 0 aliphatic heterocycles. The Bertz CT molecular complexity index is 2490. The van der Waals surface area contributed by atoms with E-state index >= 15 is 8.78 Å². The van der Waals surface area contributed by atoms with Gasteiger partial charge in [-0.05, 0) is 73.9 Å². The molecule has 0 spiro atoms. The van der Waals surface area contributed by atoms with Crippen molar-refractivity contribution in [2.75, 3.05) is 17.2 Å². The molecule has 2 aliphatic carbocycles. The van der Waals surface area contributed by atoms with Crippen LogP contribution in [0.4, 0.5) is 54.5 Å². The number of amides is 2. The predicted octanol–water partition coefficient (Wildman–Crippen LogP) is 9.92. The summed E-state index contributed by atoms with van der Waals surface area (Å²) < 4.78 is 151. The summed E-state index contributed by atoms with van der Waals surface area (Å²) in [7, 11) is 0. The molecule has 1 fully saturated rings. The predicted molar refractivity (Wildman–Crippen MR) is 199 cm³/mol. The molecule has 3 atom stereocenters. The number of hydrogen-bond donors (Lipinski definition) is 1. The van der Waals surface area contributed by atoms with Gasteiger partial charge >= 0.3 is 18.4 Å². The van der Waals surface area contributed by atoms with Gasteiger partial charge in [-0.3, -0.25) is 19.1 Å². The Hall–Kier alpha value is -5.05. The molecule has 320 valence electrons. The van der Waals surface area contributed by atoms with Crippen molar-refractivity contribution >= 4 is 52.3 Å². The largest absolute Gasteiger partial charge is 0.449 e. The van der Waals surface area contributed by atoms with Gasteiger partial charge in [0.25, 0.3) is 5.92 Å². The van der Waals surface area contributed by atoms with Crippen LogP contribution in [0.5, 0.6) is 0 Å². The van der Waals surface area contributed by atoms with E-state index in [9.17, 15) is 44.7 Å². The number of nitrogens with zero attached hydrogens (tertiary/aromatic N) is 6. The molecule has 0 unspecified atom stereocenters. The highest BCUT2D eigenvalue weighted by Gasteiger charge is 2.68. The highest BCUT2D eigenvalue weighted by atomic mass is 35.5. The smallest absolute Gasteiger partial charge is 0.435 e. The van der Waals surface area contributed by atoms with E-state index in [1.165, 1.54) is 37.4 Å². The summed E-state index contributed by atoms with van der Waals surface area (Å²) in [5, 5.41) is 9.87. The Morgan fingerprint density at radius 1 is 1.02 bits per heavy atom. The third-order valence-corrected chi connectivity index (χ3v) is 11.1. The average Bonchev–Trinajstić information content (AvgIpc) is 3.66. The molecule has 5 aromatic rings. The first-order valence-corrected chi connectivity index (χ1v) is 19.8. The van der Waals surface area contributed by atoms with Gasteiger partial charge in [0.05, 0.1) is 34.3 Å². The number of hydrogen-bond acceptors (Lipinski definition) is 7. The van der Waals surface area contributed by atoms with Gasteiger partial charge in [0.15, 0.2) is 11.5 Å². The van der Waals surface area contributed by atoms with Gasteiger partial charge in [-0.15, -0.1) is 0 Å². The monoisotopic (exact) mass is 891 g/mol. The number of pyridine rings is 1. The highest BCUT2D eigenvalue weighted by molar-refractivity contribution is 8.00. The first kappa shape index (κ1) is 43.1. The van der Waals surface area contributed by atoms with Crippen molar-refractivity contribution < 1.29 is 58.2 Å². The first-order chi connectivity index (χ1) is 28.2. The minimum Gasteiger partial charge on any atom is -0.449 e. The molecule has 3 heterocycles. The molecule has 0 radical (unpaired) electrons. The molecule has 22 heteroatoms. The molecule has 0 bridgehead atoms. The second-order valence-corrected chi connectivity index (χ2v) is 15.3. The SMILES string of the molecule is CCOC(=O)N(SC)c1nn(CC(F)(F)F)c2c(-c3ccc(CC)nc3[C@H](Cc3cc(F)cc(F)c3)NC(=O)Cn3nc(C(F)(F)F)c4c3C(F)(F)[C@@H]3C[C@H]43)ccc(Cl)c12. The van der Waals surface area contributed by atoms with Crippen molar-refractivity contribution in [1.82, 2.24) is 29.9 Å². The van der Waals surface area contributed by atoms with Crippen LogP contribution in [-0.2, 0) is 47.6 Å². The van der Waals surface area contributed by atoms with Crippen molar-refractivity contribution in [2.45, 2.75) is 76.4 Å². The number of carbonyl (C=O) groups excluding carboxylic acids is 2. The lowest BCUT2D eigenvalue weighted by Crippen LogP contribution is -2.35. The van der Waals surface area contributed by atoms with Crippen LogP contribution >= 0.6 is 23.5 Å². The summed E-state index contributed by atoms with van der Waals surface area (Å²) in [6.45, 7) is 0.312. The topological polar surface area (TPSA) is 107 Å². The molecular weight excluding hydrogens is 860 g/mol. The second-order valence-electron chi connectivity index (χ2n) is 14.1. The lowest BCUT2D eigenvalue weighted by atomic mass is 9.93. The average molecular weight is 892 g/mol. The third-order valence-electron chi connectivity index (χ3n) is 10.1. The Labute approximate surface area is 343 Å². The number of fused-ring (bicyclic) bond motifs is 4. The maximum absolute atomic E-state index is 15.4. The lowest BCUT2D eigenvalue weighted by Gasteiger charge is -2.24. The van der Waals surface area contributed by atoms with Crippen molar-refractivity contribution in [3.63, 3.8) is 0 Å². The number of aromatic nitrogens is 5. The Morgan fingerprint density at radius 2 is 1.70 bits per heavy atom. The summed E-state index contributed by atoms with van der Waals surface area (Å²) >= 11 is 7.39. The van der Waals surface area contributed by atoms with Crippen molar-refractivity contribution in [1.29, 1.82) is 0 Å². The van der Waals surface area contributed by atoms with E-state index in [0.717, 1.165) is 28.4 Å². The summed E-state index contributed by atoms with van der Waals surface area (Å²) in [4.78, 5) is 31.6. The Morgan fingerprint density at radius 3 is 2.32 bits per heavy atom. The summed E-state index contributed by atoms with van der Waals surface area (Å²) in [5.41, 5.74) is -3.29. The fourth-order valence-electron chi connectivity index (χ4n) is 7.69. The molecule has 2 amide bonds. The quantitative estimate of drug-likeness (QED) is 0.0982. The highest BCUT2D eigenvalue weighted by Crippen LogP contribution is 2.68. The van der Waals surface area contributed by atoms with Gasteiger partial charge in [-0.2, -0.15) is 49.6 Å². The molecule has 0 saturated heterocycles. The second kappa shape index (κ2) is 15.8. The van der Waals surface area contributed by atoms with Crippen LogP contribution in [0.15, 0.2) is 42.5 Å². The number of nitrogens with one attached hydrogen (secondary N) is 1. The molecule has 60 heavy (non-hydrogen) atoms. The van der Waals surface area contributed by atoms with Gasteiger partial charge in [-0.1, -0.05) is 30.7 Å². The molecule has 10 nitrogen and oxygen atoms in total. The zero-order chi connectivity index (χ0) is 43.6. The molecule has 2 aromatic carbocycles. The number of alkyl halides is 8. The molecule has 1 N–H and O–H groups in total. The van der Waals surface area contributed by atoms with E-state index in [1.807, 2.05) is 0 Å². The van der Waals surface area contributed by atoms with E-state index in [0.29, 0.717) is 21.1 Å². The number of ether oxygens (including phenoxy) is 1. The minimum atomic E-state index is -5.12. The van der Waals surface area contributed by atoms with Crippen molar-refractivity contribution in [3.05, 3.63) is 93.0 Å². The van der Waals surface area contributed by atoms with E-state index < -0.39 is 96.2 Å². The molecule has 1 saturated carbocycles. The summed E-state index contributed by atoms with van der Waals surface area (Å²) in [6.07, 6.45) is -9.90. The maximum Gasteiger partial charge on any atom is 0.435 e. The number of benzene rings is 2. The van der Waals surface area contributed by atoms with Crippen LogP contribution in [0, 0.1) is 17.6 Å². The van der Waals surface area contributed by atoms with Crippen LogP contribution in [-0.4, -0.2) is 55.6 Å². The van der Waals surface area contributed by atoms with Gasteiger partial charge in [0.2, 0.25) is 5.91 Å². The molecule has 2 aliphatic rings. The maximum atomic E-state index is 15.4. The normalized spacial score (nSPS) is 17.4. The van der Waals surface area contributed by atoms with Crippen molar-refractivity contribution in [3.8, 4) is 11.1 Å². The van der Waals surface area contributed by atoms with Crippen LogP contribution in [0.25, 0.3) is 22.0 Å². The molecule has 7 rings (SSSR count). The number of carbonyl (C=O) groups is 2. The fraction of sp³-hybridized carbons (Fsp3) is 0.395. The van der Waals surface area contributed by atoms with Crippen molar-refractivity contribution in [2.24, 2.45) is 5.92 Å². The van der Waals surface area contributed by atoms with Crippen LogP contribution in [0.2, 0.25) is 5.02 Å². The standard InChI is InChI=1S/C38H32ClF10N7O3S/c1-4-20-6-7-21(22-8-9-25(39)29-31(22)55(16-36(42,43)44)53-34(29)56(60-3)35(58)59-5-2)30(50-20)26(12-17-10-18(40)13-19(41)11-17)51-27(57)15-54-33-28(32(52-54)38(47,48)49)23-14-24(23)37(33,45)46/h6-11,13,23-24,26H,4-5,12,14-16H2,1-3H3,(H,51,57)/t23-,24+,26-/m0/s1. The zero-order valence-corrected chi connectivity index (χ0v) is 33.1. The number of rotatable bonds is 12. The third kappa shape index (κ3) is 8.08. The van der Waals surface area contributed by atoms with Gasteiger partial charge in [0, 0.05) is 40.6 Å². The fourth-order valence-corrected chi connectivity index (χ4v) is 8.43. The van der Waals surface area contributed by atoms with Crippen LogP contribution < -0.4 is 9.62 Å². The van der Waals surface area contributed by atoms with Crippen LogP contribution in [0.1, 0.15) is 66.1 Å². The Balaban J connectivity index is 1.39. The van der Waals surface area contributed by atoms with Crippen LogP contribution in [0.3, 0.4) is 0 Å². The zero-order valence-electron chi connectivity index (χ0n) is 31.5. The Kier molecular flexibility index (Phi) is 11.3.